The van der Waals surface area contributed by atoms with Gasteiger partial charge in [-0.2, -0.15) is 0 Å². The average Bonchev–Trinajstić information content (AvgIpc) is 2.47. The second kappa shape index (κ2) is 3.87. The van der Waals surface area contributed by atoms with Crippen molar-refractivity contribution in [2.24, 2.45) is 0 Å². The summed E-state index contributed by atoms with van der Waals surface area (Å²) >= 11 is 1.81. The van der Waals surface area contributed by atoms with E-state index in [0.29, 0.717) is 6.04 Å². The van der Waals surface area contributed by atoms with E-state index in [1.54, 1.807) is 0 Å². The Labute approximate surface area is 89.1 Å². The van der Waals surface area contributed by atoms with Gasteiger partial charge in [-0.15, -0.1) is 11.3 Å². The topological polar surface area (TPSA) is 28.2 Å². The molecule has 1 aromatic rings. The van der Waals surface area contributed by atoms with Crippen LogP contribution in [-0.4, -0.2) is 30.7 Å². The maximum absolute atomic E-state index is 4.58. The first-order chi connectivity index (χ1) is 6.66. The molecule has 1 aromatic heterocycles. The maximum Gasteiger partial charge on any atom is 0.185 e. The highest BCUT2D eigenvalue weighted by Crippen LogP contribution is 2.25. The van der Waals surface area contributed by atoms with E-state index < -0.39 is 0 Å². The molecule has 1 N–H and O–H groups in total. The van der Waals surface area contributed by atoms with Crippen molar-refractivity contribution in [1.29, 1.82) is 0 Å². The minimum absolute atomic E-state index is 0.577. The van der Waals surface area contributed by atoms with Crippen LogP contribution in [0.5, 0.6) is 0 Å². The number of rotatable bonds is 1. The van der Waals surface area contributed by atoms with Crippen molar-refractivity contribution in [3.63, 3.8) is 0 Å². The summed E-state index contributed by atoms with van der Waals surface area (Å²) in [5, 5.41) is 4.63. The minimum Gasteiger partial charge on any atom is -0.345 e. The zero-order valence-corrected chi connectivity index (χ0v) is 9.82. The molecule has 14 heavy (non-hydrogen) atoms. The molecule has 0 aromatic carbocycles. The van der Waals surface area contributed by atoms with Crippen LogP contribution in [0.4, 0.5) is 5.13 Å². The first-order valence-electron chi connectivity index (χ1n) is 5.09. The predicted molar refractivity (Wildman–Crippen MR) is 61.3 cm³/mol. The van der Waals surface area contributed by atoms with Gasteiger partial charge in [0.25, 0.3) is 0 Å². The molecule has 1 saturated heterocycles. The number of nitrogens with one attached hydrogen (secondary N) is 1. The van der Waals surface area contributed by atoms with Gasteiger partial charge in [0.2, 0.25) is 0 Å². The summed E-state index contributed by atoms with van der Waals surface area (Å²) in [6, 6.07) is 0.577. The molecule has 0 saturated carbocycles. The molecule has 3 nitrogen and oxygen atoms in total. The number of aryl methyl sites for hydroxylation is 2. The maximum atomic E-state index is 4.58. The van der Waals surface area contributed by atoms with Gasteiger partial charge in [0.1, 0.15) is 0 Å². The molecule has 1 aliphatic heterocycles. The summed E-state index contributed by atoms with van der Waals surface area (Å²) in [6.45, 7) is 9.67. The molecule has 1 unspecified atom stereocenters. The van der Waals surface area contributed by atoms with E-state index in [2.05, 4.69) is 36.0 Å². The highest BCUT2D eigenvalue weighted by atomic mass is 32.1. The molecule has 0 bridgehead atoms. The van der Waals surface area contributed by atoms with Crippen molar-refractivity contribution in [2.45, 2.75) is 26.8 Å². The molecule has 0 aliphatic carbocycles. The lowest BCUT2D eigenvalue weighted by atomic mass is 10.2. The van der Waals surface area contributed by atoms with E-state index >= 15 is 0 Å². The van der Waals surface area contributed by atoms with Crippen molar-refractivity contribution in [1.82, 2.24) is 10.3 Å². The van der Waals surface area contributed by atoms with Gasteiger partial charge in [-0.3, -0.25) is 0 Å². The van der Waals surface area contributed by atoms with E-state index in [0.717, 1.165) is 19.6 Å². The van der Waals surface area contributed by atoms with Crippen LogP contribution in [0.15, 0.2) is 0 Å². The van der Waals surface area contributed by atoms with E-state index in [9.17, 15) is 0 Å². The number of anilines is 1. The Morgan fingerprint density at radius 2 is 2.29 bits per heavy atom. The normalized spacial score (nSPS) is 22.8. The van der Waals surface area contributed by atoms with Crippen LogP contribution in [0.2, 0.25) is 0 Å². The van der Waals surface area contributed by atoms with Crippen molar-refractivity contribution >= 4 is 16.5 Å². The predicted octanol–water partition coefficient (Wildman–Crippen LogP) is 1.56. The Bertz CT molecular complexity index is 302. The van der Waals surface area contributed by atoms with E-state index in [4.69, 9.17) is 0 Å². The third-order valence-corrected chi connectivity index (χ3v) is 3.79. The van der Waals surface area contributed by atoms with Crippen LogP contribution >= 0.6 is 11.3 Å². The molecule has 0 amide bonds. The fourth-order valence-electron chi connectivity index (χ4n) is 1.70. The molecule has 2 heterocycles. The Balaban J connectivity index is 2.14. The van der Waals surface area contributed by atoms with Crippen LogP contribution in [-0.2, 0) is 0 Å². The number of thiazole rings is 1. The lowest BCUT2D eigenvalue weighted by molar-refractivity contribution is 0.484. The van der Waals surface area contributed by atoms with E-state index in [1.807, 2.05) is 11.3 Å². The Morgan fingerprint density at radius 3 is 2.86 bits per heavy atom. The first kappa shape index (κ1) is 9.93. The number of nitrogens with zero attached hydrogens (tertiary/aromatic N) is 2. The van der Waals surface area contributed by atoms with Gasteiger partial charge in [0.05, 0.1) is 5.69 Å². The molecule has 1 aliphatic rings. The van der Waals surface area contributed by atoms with Crippen molar-refractivity contribution in [2.75, 3.05) is 24.5 Å². The average molecular weight is 211 g/mol. The molecule has 0 radical (unpaired) electrons. The fraction of sp³-hybridized carbons (Fsp3) is 0.700. The largest absolute Gasteiger partial charge is 0.345 e. The highest BCUT2D eigenvalue weighted by molar-refractivity contribution is 7.15. The number of piperazine rings is 1. The van der Waals surface area contributed by atoms with Gasteiger partial charge in [0.15, 0.2) is 5.13 Å². The van der Waals surface area contributed by atoms with Crippen molar-refractivity contribution < 1.29 is 0 Å². The third kappa shape index (κ3) is 1.91. The quantitative estimate of drug-likeness (QED) is 0.764. The first-order valence-corrected chi connectivity index (χ1v) is 5.91. The standard InChI is InChI=1S/C10H17N3S/c1-7-6-13(5-4-11-7)10-12-8(2)9(3)14-10/h7,11H,4-6H2,1-3H3. The molecule has 78 valence electrons. The summed E-state index contributed by atoms with van der Waals surface area (Å²) in [4.78, 5) is 8.30. The molecular formula is C10H17N3S. The summed E-state index contributed by atoms with van der Waals surface area (Å²) in [5.74, 6) is 0. The number of hydrogen-bond acceptors (Lipinski definition) is 4. The minimum atomic E-state index is 0.577. The highest BCUT2D eigenvalue weighted by Gasteiger charge is 2.18. The van der Waals surface area contributed by atoms with Crippen LogP contribution in [0.25, 0.3) is 0 Å². The lowest BCUT2D eigenvalue weighted by Gasteiger charge is -2.31. The number of hydrogen-bond donors (Lipinski definition) is 1. The summed E-state index contributed by atoms with van der Waals surface area (Å²) in [5.41, 5.74) is 1.18. The van der Waals surface area contributed by atoms with Gasteiger partial charge in [-0.1, -0.05) is 0 Å². The van der Waals surface area contributed by atoms with Crippen LogP contribution < -0.4 is 10.2 Å². The summed E-state index contributed by atoms with van der Waals surface area (Å²) in [6.07, 6.45) is 0. The summed E-state index contributed by atoms with van der Waals surface area (Å²) in [7, 11) is 0. The van der Waals surface area contributed by atoms with Gasteiger partial charge in [0, 0.05) is 30.6 Å². The molecular weight excluding hydrogens is 194 g/mol. The zero-order chi connectivity index (χ0) is 10.1. The van der Waals surface area contributed by atoms with Gasteiger partial charge >= 0.3 is 0 Å². The number of aromatic nitrogens is 1. The Hall–Kier alpha value is -0.610. The van der Waals surface area contributed by atoms with E-state index in [-0.39, 0.29) is 0 Å². The van der Waals surface area contributed by atoms with Crippen LogP contribution in [0.1, 0.15) is 17.5 Å². The Morgan fingerprint density at radius 1 is 1.50 bits per heavy atom. The van der Waals surface area contributed by atoms with E-state index in [1.165, 1.54) is 15.7 Å². The molecule has 4 heteroatoms. The zero-order valence-electron chi connectivity index (χ0n) is 9.00. The molecule has 2 rings (SSSR count). The molecule has 1 fully saturated rings. The summed E-state index contributed by atoms with van der Waals surface area (Å²) < 4.78 is 0. The fourth-order valence-corrected chi connectivity index (χ4v) is 2.64. The third-order valence-electron chi connectivity index (χ3n) is 2.66. The van der Waals surface area contributed by atoms with Gasteiger partial charge < -0.3 is 10.2 Å². The van der Waals surface area contributed by atoms with Crippen LogP contribution in [0, 0.1) is 13.8 Å². The molecule has 0 spiro atoms. The monoisotopic (exact) mass is 211 g/mol. The Kier molecular flexibility index (Phi) is 2.74. The lowest BCUT2D eigenvalue weighted by Crippen LogP contribution is -2.49. The second-order valence-corrected chi connectivity index (χ2v) is 5.12. The smallest absolute Gasteiger partial charge is 0.185 e. The van der Waals surface area contributed by atoms with Gasteiger partial charge in [-0.05, 0) is 20.8 Å². The van der Waals surface area contributed by atoms with Crippen LogP contribution in [0.3, 0.4) is 0 Å². The SMILES string of the molecule is Cc1nc(N2CCNC(C)C2)sc1C. The van der Waals surface area contributed by atoms with Gasteiger partial charge in [-0.25, -0.2) is 4.98 Å². The molecule has 1 atom stereocenters. The van der Waals surface area contributed by atoms with Crippen molar-refractivity contribution in [3.05, 3.63) is 10.6 Å². The second-order valence-electron chi connectivity index (χ2n) is 3.94. The van der Waals surface area contributed by atoms with Crippen molar-refractivity contribution in [3.8, 4) is 0 Å².